The van der Waals surface area contributed by atoms with Crippen LogP contribution in [0.2, 0.25) is 0 Å². The third kappa shape index (κ3) is 6.47. The fraction of sp³-hybridized carbons (Fsp3) is 0.407. The Hall–Kier alpha value is -2.85. The number of nitrogens with zero attached hydrogens (tertiary/aromatic N) is 3. The number of carbonyl (C=O) groups is 1. The number of thiophene rings is 1. The number of anilines is 2. The van der Waals surface area contributed by atoms with Gasteiger partial charge in [-0.2, -0.15) is 0 Å². The number of hydrogen-bond donors (Lipinski definition) is 3. The molecular weight excluding hydrogens is 477 g/mol. The van der Waals surface area contributed by atoms with Crippen LogP contribution in [0.1, 0.15) is 41.4 Å². The van der Waals surface area contributed by atoms with Gasteiger partial charge in [0.25, 0.3) is 5.91 Å². The minimum absolute atomic E-state index is 0.291. The van der Waals surface area contributed by atoms with Crippen LogP contribution in [0.3, 0.4) is 0 Å². The zero-order valence-electron chi connectivity index (χ0n) is 21.0. The third-order valence-corrected chi connectivity index (χ3v) is 7.56. The second-order valence-electron chi connectivity index (χ2n) is 9.72. The van der Waals surface area contributed by atoms with E-state index >= 15 is 0 Å². The number of primary amides is 1. The van der Waals surface area contributed by atoms with Gasteiger partial charge in [0, 0.05) is 29.6 Å². The Morgan fingerprint density at radius 1 is 1.33 bits per heavy atom. The van der Waals surface area contributed by atoms with Crippen LogP contribution in [0.25, 0.3) is 10.4 Å². The fourth-order valence-corrected chi connectivity index (χ4v) is 5.70. The van der Waals surface area contributed by atoms with Crippen molar-refractivity contribution >= 4 is 28.1 Å². The second-order valence-corrected chi connectivity index (χ2v) is 10.8. The summed E-state index contributed by atoms with van der Waals surface area (Å²) in [5.41, 5.74) is 7.97. The van der Waals surface area contributed by atoms with E-state index in [0.29, 0.717) is 44.8 Å². The van der Waals surface area contributed by atoms with Crippen molar-refractivity contribution in [1.29, 1.82) is 0 Å². The van der Waals surface area contributed by atoms with Gasteiger partial charge in [0.2, 0.25) is 0 Å². The van der Waals surface area contributed by atoms with Gasteiger partial charge >= 0.3 is 0 Å². The number of likely N-dealkylation sites (tertiary alicyclic amines) is 1. The molecule has 0 bridgehead atoms. The molecule has 0 saturated carbocycles. The van der Waals surface area contributed by atoms with Crippen LogP contribution in [0.5, 0.6) is 0 Å². The topological polar surface area (TPSA) is 94.7 Å². The summed E-state index contributed by atoms with van der Waals surface area (Å²) in [6.07, 6.45) is 2.19. The second kappa shape index (κ2) is 11.5. The molecule has 0 radical (unpaired) electrons. The maximum atomic E-state index is 14.9. The number of halogens is 1. The molecule has 0 aliphatic carbocycles. The van der Waals surface area contributed by atoms with E-state index in [0.717, 1.165) is 31.7 Å². The number of likely N-dealkylation sites (N-methyl/N-ethyl adjacent to an activating group) is 1. The van der Waals surface area contributed by atoms with Crippen LogP contribution >= 0.6 is 11.3 Å². The van der Waals surface area contributed by atoms with Crippen molar-refractivity contribution in [3.63, 3.8) is 0 Å². The lowest BCUT2D eigenvalue weighted by Crippen LogP contribution is -2.44. The van der Waals surface area contributed by atoms with Gasteiger partial charge in [-0.15, -0.1) is 11.3 Å². The molecule has 2 aromatic heterocycles. The highest BCUT2D eigenvalue weighted by molar-refractivity contribution is 7.19. The maximum absolute atomic E-state index is 14.9. The molecule has 3 heterocycles. The van der Waals surface area contributed by atoms with Crippen molar-refractivity contribution in [2.24, 2.45) is 5.73 Å². The summed E-state index contributed by atoms with van der Waals surface area (Å²) in [5, 5.41) is 13.3. The van der Waals surface area contributed by atoms with Crippen molar-refractivity contribution in [2.75, 3.05) is 32.5 Å². The first kappa shape index (κ1) is 26.2. The number of hydrogen-bond acceptors (Lipinski definition) is 7. The summed E-state index contributed by atoms with van der Waals surface area (Å²) in [6.45, 7) is 4.47. The molecule has 7 nitrogen and oxygen atoms in total. The number of piperidine rings is 1. The lowest BCUT2D eigenvalue weighted by atomic mass is 10.0. The maximum Gasteiger partial charge on any atom is 0.251 e. The number of aromatic nitrogens is 1. The zero-order valence-corrected chi connectivity index (χ0v) is 21.8. The molecule has 1 saturated heterocycles. The van der Waals surface area contributed by atoms with E-state index in [1.54, 1.807) is 25.1 Å². The summed E-state index contributed by atoms with van der Waals surface area (Å²) in [7, 11) is 4.25. The van der Waals surface area contributed by atoms with Gasteiger partial charge in [0.1, 0.15) is 16.6 Å². The predicted octanol–water partition coefficient (Wildman–Crippen LogP) is 4.24. The minimum atomic E-state index is -0.592. The number of pyridine rings is 1. The van der Waals surface area contributed by atoms with E-state index in [1.165, 1.54) is 23.8 Å². The molecule has 1 amide bonds. The largest absolute Gasteiger partial charge is 0.393 e. The number of aliphatic hydroxyl groups excluding tert-OH is 1. The Balaban J connectivity index is 1.53. The lowest BCUT2D eigenvalue weighted by molar-refractivity contribution is 0.100. The highest BCUT2D eigenvalue weighted by atomic mass is 32.1. The SMILES string of the molecule is CC(O)Cc1ccc(-c2cc(C(N)=O)c(Nc3cccc(CN4CCCC(N(C)C)C4)n3)s2)c(F)c1. The van der Waals surface area contributed by atoms with Gasteiger partial charge in [-0.1, -0.05) is 18.2 Å². The van der Waals surface area contributed by atoms with Crippen LogP contribution in [0, 0.1) is 5.82 Å². The number of rotatable bonds is 9. The van der Waals surface area contributed by atoms with E-state index in [1.807, 2.05) is 18.2 Å². The van der Waals surface area contributed by atoms with Gasteiger partial charge < -0.3 is 21.1 Å². The molecule has 3 aromatic rings. The number of carbonyl (C=O) groups excluding carboxylic acids is 1. The lowest BCUT2D eigenvalue weighted by Gasteiger charge is -2.35. The summed E-state index contributed by atoms with van der Waals surface area (Å²) >= 11 is 1.26. The summed E-state index contributed by atoms with van der Waals surface area (Å²) in [6, 6.07) is 12.8. The fourth-order valence-electron chi connectivity index (χ4n) is 4.61. The Morgan fingerprint density at radius 3 is 2.83 bits per heavy atom. The molecule has 4 N–H and O–H groups in total. The van der Waals surface area contributed by atoms with Crippen molar-refractivity contribution in [3.05, 3.63) is 65.1 Å². The Bertz CT molecular complexity index is 1210. The van der Waals surface area contributed by atoms with Crippen LogP contribution in [-0.4, -0.2) is 65.1 Å². The molecule has 192 valence electrons. The monoisotopic (exact) mass is 511 g/mol. The van der Waals surface area contributed by atoms with Crippen LogP contribution in [-0.2, 0) is 13.0 Å². The average molecular weight is 512 g/mol. The number of benzene rings is 1. The molecule has 1 aromatic carbocycles. The van der Waals surface area contributed by atoms with Crippen LogP contribution < -0.4 is 11.1 Å². The van der Waals surface area contributed by atoms with E-state index in [4.69, 9.17) is 10.7 Å². The molecule has 1 aliphatic heterocycles. The highest BCUT2D eigenvalue weighted by Crippen LogP contribution is 2.38. The first-order chi connectivity index (χ1) is 17.2. The molecular formula is C27H34FN5O2S. The molecule has 1 aliphatic rings. The zero-order chi connectivity index (χ0) is 25.8. The van der Waals surface area contributed by atoms with Crippen LogP contribution in [0.15, 0.2) is 42.5 Å². The van der Waals surface area contributed by atoms with Crippen molar-refractivity contribution in [2.45, 2.75) is 44.9 Å². The van der Waals surface area contributed by atoms with Gasteiger partial charge in [-0.25, -0.2) is 9.37 Å². The molecule has 2 unspecified atom stereocenters. The number of nitrogens with one attached hydrogen (secondary N) is 1. The Morgan fingerprint density at radius 2 is 2.14 bits per heavy atom. The predicted molar refractivity (Wildman–Crippen MR) is 143 cm³/mol. The molecule has 1 fully saturated rings. The van der Waals surface area contributed by atoms with Crippen molar-refractivity contribution in [3.8, 4) is 10.4 Å². The van der Waals surface area contributed by atoms with Crippen molar-refractivity contribution in [1.82, 2.24) is 14.8 Å². The van der Waals surface area contributed by atoms with E-state index in [2.05, 4.69) is 29.2 Å². The summed E-state index contributed by atoms with van der Waals surface area (Å²) < 4.78 is 14.9. The van der Waals surface area contributed by atoms with Crippen LogP contribution in [0.4, 0.5) is 15.2 Å². The van der Waals surface area contributed by atoms with E-state index in [9.17, 15) is 14.3 Å². The van der Waals surface area contributed by atoms with Gasteiger partial charge in [-0.05, 0) is 76.7 Å². The summed E-state index contributed by atoms with van der Waals surface area (Å²) in [4.78, 5) is 22.2. The van der Waals surface area contributed by atoms with E-state index in [-0.39, 0.29) is 0 Å². The molecule has 9 heteroatoms. The molecule has 0 spiro atoms. The third-order valence-electron chi connectivity index (χ3n) is 6.47. The molecule has 4 rings (SSSR count). The summed E-state index contributed by atoms with van der Waals surface area (Å²) in [5.74, 6) is -0.391. The number of aliphatic hydroxyl groups is 1. The highest BCUT2D eigenvalue weighted by Gasteiger charge is 2.22. The van der Waals surface area contributed by atoms with Gasteiger partial charge in [0.05, 0.1) is 17.4 Å². The quantitative estimate of drug-likeness (QED) is 0.398. The van der Waals surface area contributed by atoms with Gasteiger partial charge in [-0.3, -0.25) is 9.69 Å². The first-order valence-corrected chi connectivity index (χ1v) is 13.0. The standard InChI is InChI=1S/C27H34FN5O2S/c1-17(34)12-18-9-10-21(23(28)13-18)24-14-22(26(29)35)27(36-24)31-25-8-4-6-19(30-25)15-33-11-5-7-20(16-33)32(2)3/h4,6,8-10,13-14,17,20,34H,5,7,11-12,15-16H2,1-3H3,(H2,29,35)(H,30,31). The average Bonchev–Trinajstić information content (AvgIpc) is 3.23. The van der Waals surface area contributed by atoms with E-state index < -0.39 is 17.8 Å². The minimum Gasteiger partial charge on any atom is -0.393 e. The first-order valence-electron chi connectivity index (χ1n) is 12.2. The molecule has 36 heavy (non-hydrogen) atoms. The van der Waals surface area contributed by atoms with Crippen molar-refractivity contribution < 1.29 is 14.3 Å². The number of nitrogens with two attached hydrogens (primary N) is 1. The van der Waals surface area contributed by atoms with Gasteiger partial charge in [0.15, 0.2) is 0 Å². The number of amides is 1. The Labute approximate surface area is 215 Å². The normalized spacial score (nSPS) is 17.3. The Kier molecular flexibility index (Phi) is 8.35. The molecule has 2 atom stereocenters. The smallest absolute Gasteiger partial charge is 0.251 e.